The van der Waals surface area contributed by atoms with E-state index in [4.69, 9.17) is 9.73 Å². The van der Waals surface area contributed by atoms with Gasteiger partial charge in [-0.05, 0) is 31.7 Å². The van der Waals surface area contributed by atoms with Crippen LogP contribution >= 0.6 is 11.8 Å². The Morgan fingerprint density at radius 2 is 2.25 bits per heavy atom. The fourth-order valence-electron chi connectivity index (χ4n) is 2.80. The summed E-state index contributed by atoms with van der Waals surface area (Å²) in [6.45, 7) is 8.01. The molecule has 0 aromatic heterocycles. The number of benzene rings is 1. The minimum atomic E-state index is 0.400. The van der Waals surface area contributed by atoms with Crippen molar-refractivity contribution in [2.75, 3.05) is 44.4 Å². The number of para-hydroxylation sites is 2. The highest BCUT2D eigenvalue weighted by Crippen LogP contribution is 2.30. The predicted molar refractivity (Wildman–Crippen MR) is 106 cm³/mol. The molecule has 5 nitrogen and oxygen atoms in total. The maximum atomic E-state index is 5.49. The summed E-state index contributed by atoms with van der Waals surface area (Å²) in [6.07, 6.45) is 3.23. The molecule has 2 atom stereocenters. The molecule has 2 N–H and O–H groups in total. The Kier molecular flexibility index (Phi) is 7.56. The van der Waals surface area contributed by atoms with Crippen molar-refractivity contribution in [3.8, 4) is 5.75 Å². The lowest BCUT2D eigenvalue weighted by Crippen LogP contribution is -2.44. The van der Waals surface area contributed by atoms with Gasteiger partial charge in [0.1, 0.15) is 5.75 Å². The Morgan fingerprint density at radius 1 is 1.46 bits per heavy atom. The average Bonchev–Trinajstić information content (AvgIpc) is 3.07. The van der Waals surface area contributed by atoms with Gasteiger partial charge in [-0.2, -0.15) is 11.8 Å². The minimum absolute atomic E-state index is 0.400. The summed E-state index contributed by atoms with van der Waals surface area (Å²) in [7, 11) is 1.73. The number of methoxy groups -OCH3 is 1. The number of nitrogens with zero attached hydrogens (tertiary/aromatic N) is 2. The van der Waals surface area contributed by atoms with E-state index in [-0.39, 0.29) is 0 Å². The van der Waals surface area contributed by atoms with Gasteiger partial charge in [0.15, 0.2) is 5.96 Å². The van der Waals surface area contributed by atoms with E-state index in [0.717, 1.165) is 44.3 Å². The van der Waals surface area contributed by atoms with E-state index in [2.05, 4.69) is 47.8 Å². The van der Waals surface area contributed by atoms with Crippen LogP contribution in [0.15, 0.2) is 29.3 Å². The summed E-state index contributed by atoms with van der Waals surface area (Å²) in [5, 5.41) is 7.47. The van der Waals surface area contributed by atoms with Crippen LogP contribution in [-0.4, -0.2) is 56.8 Å². The molecule has 1 aliphatic heterocycles. The van der Waals surface area contributed by atoms with Crippen molar-refractivity contribution >= 4 is 23.4 Å². The molecule has 0 bridgehead atoms. The molecular weight excluding hydrogens is 320 g/mol. The van der Waals surface area contributed by atoms with Crippen molar-refractivity contribution in [3.63, 3.8) is 0 Å². The third-order valence-corrected chi connectivity index (χ3v) is 5.16. The number of hydrogen-bond donors (Lipinski definition) is 2. The van der Waals surface area contributed by atoms with Gasteiger partial charge >= 0.3 is 0 Å². The number of hydrogen-bond acceptors (Lipinski definition) is 4. The fraction of sp³-hybridized carbons (Fsp3) is 0.611. The quantitative estimate of drug-likeness (QED) is 0.585. The third kappa shape index (κ3) is 5.23. The van der Waals surface area contributed by atoms with Gasteiger partial charge in [-0.3, -0.25) is 4.99 Å². The van der Waals surface area contributed by atoms with Gasteiger partial charge in [-0.25, -0.2) is 0 Å². The van der Waals surface area contributed by atoms with E-state index < -0.39 is 0 Å². The molecule has 1 saturated heterocycles. The average molecular weight is 351 g/mol. The van der Waals surface area contributed by atoms with Gasteiger partial charge in [0.05, 0.1) is 19.3 Å². The molecule has 0 aliphatic carbocycles. The van der Waals surface area contributed by atoms with Crippen LogP contribution in [0.1, 0.15) is 20.3 Å². The van der Waals surface area contributed by atoms with Crippen LogP contribution in [-0.2, 0) is 0 Å². The molecule has 6 heteroatoms. The summed E-state index contributed by atoms with van der Waals surface area (Å²) >= 11 is 1.84. The number of nitrogens with one attached hydrogen (secondary N) is 2. The predicted octanol–water partition coefficient (Wildman–Crippen LogP) is 2.58. The Labute approximate surface area is 150 Å². The first kappa shape index (κ1) is 18.8. The lowest BCUT2D eigenvalue weighted by Gasteiger charge is -2.22. The zero-order valence-corrected chi connectivity index (χ0v) is 16.0. The van der Waals surface area contributed by atoms with Crippen LogP contribution in [0.2, 0.25) is 0 Å². The van der Waals surface area contributed by atoms with Gasteiger partial charge in [0.2, 0.25) is 0 Å². The summed E-state index contributed by atoms with van der Waals surface area (Å²) in [5.41, 5.74) is 1.17. The maximum absolute atomic E-state index is 5.49. The smallest absolute Gasteiger partial charge is 0.191 e. The maximum Gasteiger partial charge on any atom is 0.191 e. The molecular formula is C18H30N4OS. The summed E-state index contributed by atoms with van der Waals surface area (Å²) in [6, 6.07) is 8.62. The van der Waals surface area contributed by atoms with Crippen molar-refractivity contribution in [2.24, 2.45) is 4.99 Å². The van der Waals surface area contributed by atoms with Crippen LogP contribution in [0.4, 0.5) is 5.69 Å². The van der Waals surface area contributed by atoms with Gasteiger partial charge < -0.3 is 20.3 Å². The first-order valence-electron chi connectivity index (χ1n) is 8.63. The highest BCUT2D eigenvalue weighted by molar-refractivity contribution is 7.99. The first-order chi connectivity index (χ1) is 11.7. The molecule has 24 heavy (non-hydrogen) atoms. The molecule has 2 rings (SSSR count). The van der Waals surface area contributed by atoms with Crippen molar-refractivity contribution in [1.82, 2.24) is 10.6 Å². The zero-order chi connectivity index (χ0) is 17.4. The summed E-state index contributed by atoms with van der Waals surface area (Å²) < 4.78 is 5.49. The minimum Gasteiger partial charge on any atom is -0.495 e. The second-order valence-corrected chi connectivity index (χ2v) is 7.29. The summed E-state index contributed by atoms with van der Waals surface area (Å²) in [5.74, 6) is 1.86. The van der Waals surface area contributed by atoms with E-state index in [1.165, 1.54) is 5.69 Å². The number of ether oxygens (including phenoxy) is 1. The van der Waals surface area contributed by atoms with Crippen LogP contribution in [0.3, 0.4) is 0 Å². The van der Waals surface area contributed by atoms with Crippen molar-refractivity contribution in [2.45, 2.75) is 31.6 Å². The Morgan fingerprint density at radius 3 is 2.96 bits per heavy atom. The van der Waals surface area contributed by atoms with Crippen molar-refractivity contribution < 1.29 is 4.74 Å². The Balaban J connectivity index is 1.96. The number of guanidine groups is 1. The van der Waals surface area contributed by atoms with E-state index >= 15 is 0 Å². The standard InChI is InChI=1S/C18H30N4OS/c1-5-19-18(20-12-14(2)24-4)21-15-10-11-22(13-15)16-8-6-7-9-17(16)23-3/h6-9,14-15H,5,10-13H2,1-4H3,(H2,19,20,21). The molecule has 2 unspecified atom stereocenters. The molecule has 1 aromatic rings. The lowest BCUT2D eigenvalue weighted by atomic mass is 10.2. The number of aliphatic imine (C=N–C) groups is 1. The molecule has 1 heterocycles. The fourth-order valence-corrected chi connectivity index (χ4v) is 3.02. The first-order valence-corrected chi connectivity index (χ1v) is 9.92. The molecule has 0 amide bonds. The highest BCUT2D eigenvalue weighted by Gasteiger charge is 2.25. The molecule has 1 aliphatic rings. The zero-order valence-electron chi connectivity index (χ0n) is 15.2. The van der Waals surface area contributed by atoms with Crippen LogP contribution in [0.5, 0.6) is 5.75 Å². The van der Waals surface area contributed by atoms with Gasteiger partial charge in [0, 0.05) is 30.9 Å². The molecule has 134 valence electrons. The monoisotopic (exact) mass is 350 g/mol. The second kappa shape index (κ2) is 9.67. The van der Waals surface area contributed by atoms with Crippen LogP contribution in [0.25, 0.3) is 0 Å². The third-order valence-electron chi connectivity index (χ3n) is 4.21. The highest BCUT2D eigenvalue weighted by atomic mass is 32.2. The van der Waals surface area contributed by atoms with Crippen LogP contribution in [0, 0.1) is 0 Å². The van der Waals surface area contributed by atoms with Crippen LogP contribution < -0.4 is 20.3 Å². The van der Waals surface area contributed by atoms with Gasteiger partial charge in [0.25, 0.3) is 0 Å². The van der Waals surface area contributed by atoms with E-state index in [1.807, 2.05) is 23.9 Å². The van der Waals surface area contributed by atoms with Crippen molar-refractivity contribution in [3.05, 3.63) is 24.3 Å². The largest absolute Gasteiger partial charge is 0.495 e. The summed E-state index contributed by atoms with van der Waals surface area (Å²) in [4.78, 5) is 7.09. The van der Waals surface area contributed by atoms with Gasteiger partial charge in [-0.15, -0.1) is 0 Å². The Hall–Kier alpha value is -1.56. The molecule has 0 spiro atoms. The number of rotatable bonds is 7. The normalized spacial score (nSPS) is 19.2. The SMILES string of the molecule is CCNC(=NCC(C)SC)NC1CCN(c2ccccc2OC)C1. The van der Waals surface area contributed by atoms with E-state index in [1.54, 1.807) is 7.11 Å². The molecule has 0 saturated carbocycles. The molecule has 1 aromatic carbocycles. The van der Waals surface area contributed by atoms with Gasteiger partial charge in [-0.1, -0.05) is 19.1 Å². The number of anilines is 1. The van der Waals surface area contributed by atoms with E-state index in [0.29, 0.717) is 11.3 Å². The topological polar surface area (TPSA) is 48.9 Å². The van der Waals surface area contributed by atoms with Crippen molar-refractivity contribution in [1.29, 1.82) is 0 Å². The number of thioether (sulfide) groups is 1. The molecule has 1 fully saturated rings. The second-order valence-electron chi connectivity index (χ2n) is 6.01. The van der Waals surface area contributed by atoms with E-state index in [9.17, 15) is 0 Å². The Bertz CT molecular complexity index is 538. The lowest BCUT2D eigenvalue weighted by molar-refractivity contribution is 0.415. The molecule has 0 radical (unpaired) electrons.